The molecule has 0 saturated carbocycles. The fourth-order valence-corrected chi connectivity index (χ4v) is 2.62. The normalized spacial score (nSPS) is 12.0. The molecule has 68 valence electrons. The minimum Gasteiger partial charge on any atom is -0.122 e. The van der Waals surface area contributed by atoms with E-state index in [1.165, 1.54) is 46.6 Å². The lowest BCUT2D eigenvalue weighted by Crippen LogP contribution is -2.02. The Labute approximate surface area is 73.9 Å². The van der Waals surface area contributed by atoms with Crippen LogP contribution in [0.5, 0.6) is 0 Å². The van der Waals surface area contributed by atoms with E-state index in [4.69, 9.17) is 0 Å². The van der Waals surface area contributed by atoms with E-state index < -0.39 is 0 Å². The molecule has 11 heavy (non-hydrogen) atoms. The third kappa shape index (κ3) is 6.81. The van der Waals surface area contributed by atoms with Crippen LogP contribution in [0.25, 0.3) is 0 Å². The topological polar surface area (TPSA) is 0 Å². The van der Waals surface area contributed by atoms with Crippen molar-refractivity contribution in [2.75, 3.05) is 12.3 Å². The molecule has 0 rings (SSSR count). The predicted molar refractivity (Wildman–Crippen MR) is 57.0 cm³/mol. The summed E-state index contributed by atoms with van der Waals surface area (Å²) in [6, 6.07) is 0. The Hall–Kier alpha value is 0.430. The second kappa shape index (κ2) is 8.53. The molecular weight excluding hydrogens is 151 g/mol. The molecule has 0 aromatic heterocycles. The molecule has 0 aromatic rings. The van der Waals surface area contributed by atoms with Crippen molar-refractivity contribution in [2.45, 2.75) is 46.5 Å². The average Bonchev–Trinajstić information content (AvgIpc) is 2.01. The third-order valence-electron chi connectivity index (χ3n) is 2.08. The van der Waals surface area contributed by atoms with Crippen LogP contribution in [0.3, 0.4) is 0 Å². The van der Waals surface area contributed by atoms with E-state index in [0.717, 1.165) is 5.92 Å². The minimum atomic E-state index is 1.04. The SMILES string of the molecule is CCCC(CCC)CPCC. The summed E-state index contributed by atoms with van der Waals surface area (Å²) in [5, 5.41) is 0. The van der Waals surface area contributed by atoms with Crippen LogP contribution in [0.1, 0.15) is 46.5 Å². The van der Waals surface area contributed by atoms with Crippen molar-refractivity contribution in [1.29, 1.82) is 0 Å². The highest BCUT2D eigenvalue weighted by Crippen LogP contribution is 2.22. The zero-order valence-corrected chi connectivity index (χ0v) is 9.32. The minimum absolute atomic E-state index is 1.04. The first-order valence-corrected chi connectivity index (χ1v) is 6.47. The standard InChI is InChI=1S/C10H23P/c1-4-7-10(8-5-2)9-11-6-3/h10-11H,4-9H2,1-3H3. The van der Waals surface area contributed by atoms with Crippen molar-refractivity contribution >= 4 is 8.58 Å². The number of hydrogen-bond donors (Lipinski definition) is 0. The molecule has 0 aliphatic carbocycles. The van der Waals surface area contributed by atoms with Gasteiger partial charge in [0.05, 0.1) is 0 Å². The van der Waals surface area contributed by atoms with E-state index in [0.29, 0.717) is 0 Å². The fraction of sp³-hybridized carbons (Fsp3) is 1.00. The van der Waals surface area contributed by atoms with E-state index >= 15 is 0 Å². The van der Waals surface area contributed by atoms with Gasteiger partial charge in [0, 0.05) is 0 Å². The molecule has 0 spiro atoms. The Bertz CT molecular complexity index is 65.3. The summed E-state index contributed by atoms with van der Waals surface area (Å²) in [7, 11) is 1.21. The maximum absolute atomic E-state index is 2.30. The molecule has 1 atom stereocenters. The van der Waals surface area contributed by atoms with E-state index in [1.54, 1.807) is 0 Å². The van der Waals surface area contributed by atoms with E-state index in [-0.39, 0.29) is 0 Å². The highest BCUT2D eigenvalue weighted by molar-refractivity contribution is 7.37. The number of rotatable bonds is 7. The Morgan fingerprint density at radius 3 is 1.91 bits per heavy atom. The van der Waals surface area contributed by atoms with Crippen LogP contribution in [0.4, 0.5) is 0 Å². The summed E-state index contributed by atoms with van der Waals surface area (Å²) in [6.07, 6.45) is 8.56. The summed E-state index contributed by atoms with van der Waals surface area (Å²) in [5.74, 6) is 1.04. The second-order valence-electron chi connectivity index (χ2n) is 3.25. The van der Waals surface area contributed by atoms with Crippen molar-refractivity contribution in [3.05, 3.63) is 0 Å². The lowest BCUT2D eigenvalue weighted by molar-refractivity contribution is 0.487. The molecule has 0 fully saturated rings. The van der Waals surface area contributed by atoms with E-state index in [1.807, 2.05) is 0 Å². The lowest BCUT2D eigenvalue weighted by Gasteiger charge is -2.13. The van der Waals surface area contributed by atoms with Crippen LogP contribution in [0, 0.1) is 5.92 Å². The molecule has 0 radical (unpaired) electrons. The second-order valence-corrected chi connectivity index (χ2v) is 4.87. The molecular formula is C10H23P. The maximum Gasteiger partial charge on any atom is -0.0325 e. The monoisotopic (exact) mass is 174 g/mol. The van der Waals surface area contributed by atoms with Gasteiger partial charge in [-0.15, -0.1) is 8.58 Å². The summed E-state index contributed by atoms with van der Waals surface area (Å²) in [5.41, 5.74) is 0. The summed E-state index contributed by atoms with van der Waals surface area (Å²) in [4.78, 5) is 0. The first-order chi connectivity index (χ1) is 5.35. The van der Waals surface area contributed by atoms with Crippen LogP contribution < -0.4 is 0 Å². The van der Waals surface area contributed by atoms with Crippen molar-refractivity contribution < 1.29 is 0 Å². The number of hydrogen-bond acceptors (Lipinski definition) is 0. The lowest BCUT2D eigenvalue weighted by atomic mass is 10.0. The van der Waals surface area contributed by atoms with Crippen LogP contribution >= 0.6 is 8.58 Å². The molecule has 0 aliphatic rings. The van der Waals surface area contributed by atoms with Gasteiger partial charge in [-0.05, 0) is 18.2 Å². The maximum atomic E-state index is 2.30. The average molecular weight is 174 g/mol. The van der Waals surface area contributed by atoms with Crippen molar-refractivity contribution in [1.82, 2.24) is 0 Å². The molecule has 0 aliphatic heterocycles. The Balaban J connectivity index is 3.34. The molecule has 0 bridgehead atoms. The van der Waals surface area contributed by atoms with Crippen LogP contribution in [-0.2, 0) is 0 Å². The summed E-state index contributed by atoms with van der Waals surface area (Å²) in [6.45, 7) is 6.91. The van der Waals surface area contributed by atoms with Crippen molar-refractivity contribution in [3.63, 3.8) is 0 Å². The highest BCUT2D eigenvalue weighted by Gasteiger charge is 2.04. The van der Waals surface area contributed by atoms with Gasteiger partial charge in [0.25, 0.3) is 0 Å². The van der Waals surface area contributed by atoms with Gasteiger partial charge in [0.1, 0.15) is 0 Å². The van der Waals surface area contributed by atoms with Gasteiger partial charge in [0.2, 0.25) is 0 Å². The molecule has 0 amide bonds. The molecule has 0 nitrogen and oxygen atoms in total. The van der Waals surface area contributed by atoms with Crippen molar-refractivity contribution in [3.8, 4) is 0 Å². The first kappa shape index (κ1) is 11.4. The van der Waals surface area contributed by atoms with Gasteiger partial charge < -0.3 is 0 Å². The largest absolute Gasteiger partial charge is 0.122 e. The van der Waals surface area contributed by atoms with Gasteiger partial charge in [-0.3, -0.25) is 0 Å². The zero-order valence-electron chi connectivity index (χ0n) is 8.32. The molecule has 0 heterocycles. The summed E-state index contributed by atoms with van der Waals surface area (Å²) >= 11 is 0. The Morgan fingerprint density at radius 1 is 1.00 bits per heavy atom. The smallest absolute Gasteiger partial charge is 0.0325 e. The highest BCUT2D eigenvalue weighted by atomic mass is 31.1. The van der Waals surface area contributed by atoms with Gasteiger partial charge in [-0.1, -0.05) is 46.5 Å². The zero-order chi connectivity index (χ0) is 8.53. The molecule has 1 heteroatoms. The quantitative estimate of drug-likeness (QED) is 0.513. The van der Waals surface area contributed by atoms with E-state index in [9.17, 15) is 0 Å². The van der Waals surface area contributed by atoms with Gasteiger partial charge in [-0.25, -0.2) is 0 Å². The molecule has 0 aromatic carbocycles. The molecule has 0 saturated heterocycles. The Morgan fingerprint density at radius 2 is 1.55 bits per heavy atom. The fourth-order valence-electron chi connectivity index (χ4n) is 1.51. The van der Waals surface area contributed by atoms with Gasteiger partial charge >= 0.3 is 0 Å². The first-order valence-electron chi connectivity index (χ1n) is 5.05. The van der Waals surface area contributed by atoms with Crippen LogP contribution in [0.15, 0.2) is 0 Å². The molecule has 1 unspecified atom stereocenters. The van der Waals surface area contributed by atoms with Crippen LogP contribution in [-0.4, -0.2) is 12.3 Å². The van der Waals surface area contributed by atoms with Gasteiger partial charge in [0.15, 0.2) is 0 Å². The predicted octanol–water partition coefficient (Wildman–Crippen LogP) is 3.90. The molecule has 0 N–H and O–H groups in total. The summed E-state index contributed by atoms with van der Waals surface area (Å²) < 4.78 is 0. The van der Waals surface area contributed by atoms with Crippen molar-refractivity contribution in [2.24, 2.45) is 5.92 Å². The van der Waals surface area contributed by atoms with E-state index in [2.05, 4.69) is 20.8 Å². The third-order valence-corrected chi connectivity index (χ3v) is 3.44. The van der Waals surface area contributed by atoms with Gasteiger partial charge in [-0.2, -0.15) is 0 Å². The van der Waals surface area contributed by atoms with Crippen LogP contribution in [0.2, 0.25) is 0 Å². The Kier molecular flexibility index (Phi) is 8.86.